The van der Waals surface area contributed by atoms with Crippen LogP contribution in [0, 0.1) is 35.5 Å². The number of aliphatic carboxylic acids is 2. The highest BCUT2D eigenvalue weighted by atomic mass is 35.5. The van der Waals surface area contributed by atoms with Gasteiger partial charge < -0.3 is 20.8 Å². The number of rotatable bonds is 4. The molecule has 0 amide bonds. The fourth-order valence-corrected chi connectivity index (χ4v) is 3.34. The van der Waals surface area contributed by atoms with Crippen molar-refractivity contribution in [3.8, 4) is 0 Å². The van der Waals surface area contributed by atoms with Crippen LogP contribution in [0.2, 0.25) is 0 Å². The van der Waals surface area contributed by atoms with Crippen molar-refractivity contribution in [3.05, 3.63) is 0 Å². The molecule has 2 saturated heterocycles. The lowest BCUT2D eigenvalue weighted by Gasteiger charge is -2.17. The van der Waals surface area contributed by atoms with E-state index >= 15 is 0 Å². The molecule has 2 fully saturated rings. The van der Waals surface area contributed by atoms with Crippen molar-refractivity contribution in [2.24, 2.45) is 35.5 Å². The Morgan fingerprint density at radius 2 is 1.04 bits per heavy atom. The van der Waals surface area contributed by atoms with Gasteiger partial charge in [0.25, 0.3) is 0 Å². The van der Waals surface area contributed by atoms with Crippen molar-refractivity contribution in [1.29, 1.82) is 0 Å². The summed E-state index contributed by atoms with van der Waals surface area (Å²) in [5.74, 6) is -0.107. The zero-order valence-electron chi connectivity index (χ0n) is 14.8. The van der Waals surface area contributed by atoms with E-state index in [4.69, 9.17) is 10.2 Å². The van der Waals surface area contributed by atoms with Gasteiger partial charge in [-0.2, -0.15) is 0 Å². The van der Waals surface area contributed by atoms with Crippen molar-refractivity contribution in [1.82, 2.24) is 10.6 Å². The highest BCUT2D eigenvalue weighted by Crippen LogP contribution is 2.25. The Hall–Kier alpha value is -0.560. The summed E-state index contributed by atoms with van der Waals surface area (Å²) in [5.41, 5.74) is 0. The molecule has 0 aromatic carbocycles. The Kier molecular flexibility index (Phi) is 12.7. The Bertz CT molecular complexity index is 358. The predicted molar refractivity (Wildman–Crippen MR) is 99.1 cm³/mol. The molecule has 2 heterocycles. The summed E-state index contributed by atoms with van der Waals surface area (Å²) in [6.45, 7) is 11.3. The molecular formula is C16H32Cl2N2O4. The van der Waals surface area contributed by atoms with Gasteiger partial charge in [0, 0.05) is 13.1 Å². The maximum Gasteiger partial charge on any atom is 0.308 e. The van der Waals surface area contributed by atoms with E-state index in [0.29, 0.717) is 36.8 Å². The fraction of sp³-hybridized carbons (Fsp3) is 0.875. The smallest absolute Gasteiger partial charge is 0.308 e. The van der Waals surface area contributed by atoms with Gasteiger partial charge in [0.05, 0.1) is 11.8 Å². The molecule has 2 aliphatic heterocycles. The summed E-state index contributed by atoms with van der Waals surface area (Å²) in [6, 6.07) is 0. The second kappa shape index (κ2) is 11.9. The summed E-state index contributed by atoms with van der Waals surface area (Å²) < 4.78 is 0. The minimum absolute atomic E-state index is 0. The van der Waals surface area contributed by atoms with Crippen LogP contribution < -0.4 is 10.6 Å². The third-order valence-corrected chi connectivity index (χ3v) is 4.87. The van der Waals surface area contributed by atoms with E-state index in [9.17, 15) is 9.59 Å². The van der Waals surface area contributed by atoms with E-state index in [1.807, 2.05) is 0 Å². The maximum atomic E-state index is 10.7. The number of carboxylic acids is 2. The molecule has 0 unspecified atom stereocenters. The quantitative estimate of drug-likeness (QED) is 0.589. The molecule has 0 aromatic rings. The molecule has 2 aliphatic rings. The van der Waals surface area contributed by atoms with Crippen molar-refractivity contribution in [2.45, 2.75) is 27.7 Å². The SMILES string of the molecule is CC(C)[C@@H]1CNC[C@H]1C(=O)O.CC(C)[C@H]1CNC[C@@H]1C(=O)O.Cl.Cl. The molecule has 2 rings (SSSR count). The number of halogens is 2. The van der Waals surface area contributed by atoms with Crippen LogP contribution in [-0.4, -0.2) is 48.3 Å². The third kappa shape index (κ3) is 7.13. The van der Waals surface area contributed by atoms with Crippen molar-refractivity contribution in [2.75, 3.05) is 26.2 Å². The van der Waals surface area contributed by atoms with Gasteiger partial charge in [0.1, 0.15) is 0 Å². The van der Waals surface area contributed by atoms with E-state index in [-0.39, 0.29) is 36.6 Å². The first-order valence-corrected chi connectivity index (χ1v) is 8.12. The first-order chi connectivity index (χ1) is 10.3. The van der Waals surface area contributed by atoms with E-state index in [2.05, 4.69) is 38.3 Å². The monoisotopic (exact) mass is 386 g/mol. The van der Waals surface area contributed by atoms with Crippen LogP contribution in [-0.2, 0) is 9.59 Å². The molecule has 0 radical (unpaired) electrons. The summed E-state index contributed by atoms with van der Waals surface area (Å²) in [5, 5.41) is 23.8. The molecule has 6 nitrogen and oxygen atoms in total. The average molecular weight is 387 g/mol. The van der Waals surface area contributed by atoms with Crippen LogP contribution in [0.4, 0.5) is 0 Å². The molecular weight excluding hydrogens is 355 g/mol. The second-order valence-electron chi connectivity index (χ2n) is 7.02. The molecule has 24 heavy (non-hydrogen) atoms. The van der Waals surface area contributed by atoms with Gasteiger partial charge in [0.2, 0.25) is 0 Å². The highest BCUT2D eigenvalue weighted by Gasteiger charge is 2.35. The molecule has 0 saturated carbocycles. The lowest BCUT2D eigenvalue weighted by molar-refractivity contribution is -0.143. The minimum atomic E-state index is -0.659. The summed E-state index contributed by atoms with van der Waals surface area (Å²) in [7, 11) is 0. The zero-order chi connectivity index (χ0) is 16.9. The number of nitrogens with one attached hydrogen (secondary N) is 2. The van der Waals surface area contributed by atoms with Crippen LogP contribution >= 0.6 is 24.8 Å². The van der Waals surface area contributed by atoms with Crippen LogP contribution in [0.5, 0.6) is 0 Å². The number of hydrogen-bond acceptors (Lipinski definition) is 4. The van der Waals surface area contributed by atoms with Crippen LogP contribution in [0.15, 0.2) is 0 Å². The van der Waals surface area contributed by atoms with Gasteiger partial charge in [0.15, 0.2) is 0 Å². The van der Waals surface area contributed by atoms with Gasteiger partial charge in [-0.25, -0.2) is 0 Å². The first kappa shape index (κ1) is 25.7. The topological polar surface area (TPSA) is 98.7 Å². The Morgan fingerprint density at radius 3 is 1.21 bits per heavy atom. The van der Waals surface area contributed by atoms with Gasteiger partial charge in [-0.1, -0.05) is 27.7 Å². The zero-order valence-corrected chi connectivity index (χ0v) is 16.5. The third-order valence-electron chi connectivity index (χ3n) is 4.87. The molecule has 0 aliphatic carbocycles. The molecule has 4 N–H and O–H groups in total. The number of carboxylic acid groups (broad SMARTS) is 2. The molecule has 0 spiro atoms. The second-order valence-corrected chi connectivity index (χ2v) is 7.02. The minimum Gasteiger partial charge on any atom is -0.481 e. The molecule has 0 aromatic heterocycles. The molecule has 8 heteroatoms. The molecule has 144 valence electrons. The van der Waals surface area contributed by atoms with E-state index in [0.717, 1.165) is 13.1 Å². The van der Waals surface area contributed by atoms with Gasteiger partial charge in [-0.3, -0.25) is 9.59 Å². The number of carbonyl (C=O) groups is 2. The van der Waals surface area contributed by atoms with E-state index in [1.54, 1.807) is 0 Å². The van der Waals surface area contributed by atoms with Gasteiger partial charge in [-0.05, 0) is 36.8 Å². The molecule has 4 atom stereocenters. The Labute approximate surface area is 157 Å². The standard InChI is InChI=1S/2C8H15NO2.2ClH/c2*1-5(2)6-3-9-4-7(6)8(10)11;;/h2*5-7,9H,3-4H2,1-2H3,(H,10,11);2*1H/t2*6-,7+;;/m10../s1. The normalized spacial score (nSPS) is 28.6. The van der Waals surface area contributed by atoms with E-state index in [1.165, 1.54) is 0 Å². The first-order valence-electron chi connectivity index (χ1n) is 8.12. The molecule has 0 bridgehead atoms. The largest absolute Gasteiger partial charge is 0.481 e. The predicted octanol–water partition coefficient (Wildman–Crippen LogP) is 1.97. The van der Waals surface area contributed by atoms with Gasteiger partial charge in [-0.15, -0.1) is 24.8 Å². The maximum absolute atomic E-state index is 10.7. The van der Waals surface area contributed by atoms with E-state index < -0.39 is 11.9 Å². The van der Waals surface area contributed by atoms with Crippen LogP contribution in [0.25, 0.3) is 0 Å². The lowest BCUT2D eigenvalue weighted by Crippen LogP contribution is -2.25. The average Bonchev–Trinajstić information content (AvgIpc) is 3.08. The van der Waals surface area contributed by atoms with Crippen molar-refractivity contribution in [3.63, 3.8) is 0 Å². The summed E-state index contributed by atoms with van der Waals surface area (Å²) in [6.07, 6.45) is 0. The van der Waals surface area contributed by atoms with Gasteiger partial charge >= 0.3 is 11.9 Å². The van der Waals surface area contributed by atoms with Crippen LogP contribution in [0.1, 0.15) is 27.7 Å². The fourth-order valence-electron chi connectivity index (χ4n) is 3.34. The lowest BCUT2D eigenvalue weighted by atomic mass is 9.86. The van der Waals surface area contributed by atoms with Crippen molar-refractivity contribution >= 4 is 36.8 Å². The Morgan fingerprint density at radius 1 is 0.750 bits per heavy atom. The highest BCUT2D eigenvalue weighted by molar-refractivity contribution is 5.85. The number of hydrogen-bond donors (Lipinski definition) is 4. The summed E-state index contributed by atoms with van der Waals surface area (Å²) >= 11 is 0. The van der Waals surface area contributed by atoms with Crippen molar-refractivity contribution < 1.29 is 19.8 Å². The van der Waals surface area contributed by atoms with Crippen LogP contribution in [0.3, 0.4) is 0 Å². The summed E-state index contributed by atoms with van der Waals surface area (Å²) in [4.78, 5) is 21.4. The Balaban J connectivity index is 0.